The molecule has 0 radical (unpaired) electrons. The van der Waals surface area contributed by atoms with E-state index in [1.807, 2.05) is 14.0 Å². The molecule has 0 saturated heterocycles. The summed E-state index contributed by atoms with van der Waals surface area (Å²) in [7, 11) is 2.01. The highest BCUT2D eigenvalue weighted by Crippen LogP contribution is 2.32. The second-order valence-corrected chi connectivity index (χ2v) is 6.43. The van der Waals surface area contributed by atoms with E-state index in [4.69, 9.17) is 4.52 Å². The van der Waals surface area contributed by atoms with Crippen LogP contribution in [-0.2, 0) is 6.42 Å². The zero-order valence-corrected chi connectivity index (χ0v) is 12.7. The van der Waals surface area contributed by atoms with Gasteiger partial charge in [-0.2, -0.15) is 4.98 Å². The standard InChI is InChI=1S/C14H20N4OS/c1-9-16-10(8-20-9)7-13-17-14(19-18-13)11-5-3-4-6-12(11)15-2/h8,11-12,15H,3-7H2,1-2H3. The summed E-state index contributed by atoms with van der Waals surface area (Å²) in [5.74, 6) is 1.88. The quantitative estimate of drug-likeness (QED) is 0.938. The minimum Gasteiger partial charge on any atom is -0.339 e. The van der Waals surface area contributed by atoms with Gasteiger partial charge in [-0.25, -0.2) is 4.98 Å². The van der Waals surface area contributed by atoms with Crippen LogP contribution in [0.4, 0.5) is 0 Å². The SMILES string of the molecule is CNC1CCCCC1c1nc(Cc2csc(C)n2)no1. The Balaban J connectivity index is 1.72. The molecule has 0 aromatic carbocycles. The Morgan fingerprint density at radius 2 is 2.20 bits per heavy atom. The fourth-order valence-corrected chi connectivity index (χ4v) is 3.53. The Kier molecular flexibility index (Phi) is 4.12. The lowest BCUT2D eigenvalue weighted by Crippen LogP contribution is -2.34. The molecule has 108 valence electrons. The van der Waals surface area contributed by atoms with E-state index in [1.165, 1.54) is 19.3 Å². The van der Waals surface area contributed by atoms with Crippen molar-refractivity contribution < 1.29 is 4.52 Å². The molecule has 0 aliphatic heterocycles. The maximum absolute atomic E-state index is 5.49. The van der Waals surface area contributed by atoms with E-state index >= 15 is 0 Å². The van der Waals surface area contributed by atoms with Gasteiger partial charge in [0.15, 0.2) is 5.82 Å². The minimum absolute atomic E-state index is 0.354. The van der Waals surface area contributed by atoms with Crippen LogP contribution in [0.5, 0.6) is 0 Å². The normalized spacial score (nSPS) is 23.1. The molecular formula is C14H20N4OS. The Labute approximate surface area is 122 Å². The molecule has 5 nitrogen and oxygen atoms in total. The number of hydrogen-bond donors (Lipinski definition) is 1. The molecule has 3 rings (SSSR count). The van der Waals surface area contributed by atoms with E-state index in [-0.39, 0.29) is 0 Å². The van der Waals surface area contributed by atoms with Crippen molar-refractivity contribution >= 4 is 11.3 Å². The number of thiazole rings is 1. The third-order valence-corrected chi connectivity index (χ3v) is 4.77. The van der Waals surface area contributed by atoms with E-state index in [2.05, 4.69) is 25.8 Å². The highest BCUT2D eigenvalue weighted by atomic mass is 32.1. The van der Waals surface area contributed by atoms with Crippen molar-refractivity contribution in [2.45, 2.75) is 51.0 Å². The largest absolute Gasteiger partial charge is 0.339 e. The average Bonchev–Trinajstić information content (AvgIpc) is 3.08. The van der Waals surface area contributed by atoms with Crippen LogP contribution in [0, 0.1) is 6.92 Å². The van der Waals surface area contributed by atoms with Gasteiger partial charge < -0.3 is 9.84 Å². The molecule has 1 aliphatic rings. The molecule has 0 amide bonds. The maximum Gasteiger partial charge on any atom is 0.231 e. The van der Waals surface area contributed by atoms with Crippen LogP contribution in [0.15, 0.2) is 9.90 Å². The Hall–Kier alpha value is -1.27. The lowest BCUT2D eigenvalue weighted by Gasteiger charge is -2.28. The topological polar surface area (TPSA) is 63.8 Å². The predicted molar refractivity (Wildman–Crippen MR) is 78.0 cm³/mol. The van der Waals surface area contributed by atoms with Gasteiger partial charge in [-0.15, -0.1) is 11.3 Å². The Morgan fingerprint density at radius 1 is 1.35 bits per heavy atom. The predicted octanol–water partition coefficient (Wildman–Crippen LogP) is 2.67. The lowest BCUT2D eigenvalue weighted by molar-refractivity contribution is 0.269. The van der Waals surface area contributed by atoms with Gasteiger partial charge in [-0.05, 0) is 26.8 Å². The zero-order chi connectivity index (χ0) is 13.9. The molecule has 20 heavy (non-hydrogen) atoms. The summed E-state index contributed by atoms with van der Waals surface area (Å²) in [5.41, 5.74) is 1.02. The van der Waals surface area contributed by atoms with Crippen molar-refractivity contribution in [3.05, 3.63) is 27.8 Å². The van der Waals surface area contributed by atoms with E-state index in [0.29, 0.717) is 18.4 Å². The van der Waals surface area contributed by atoms with Crippen molar-refractivity contribution in [1.82, 2.24) is 20.4 Å². The van der Waals surface area contributed by atoms with Gasteiger partial charge in [-0.1, -0.05) is 18.0 Å². The summed E-state index contributed by atoms with van der Waals surface area (Å²) in [5, 5.41) is 10.6. The summed E-state index contributed by atoms with van der Waals surface area (Å²) in [6.45, 7) is 2.01. The van der Waals surface area contributed by atoms with Gasteiger partial charge >= 0.3 is 0 Å². The minimum atomic E-state index is 0.354. The highest BCUT2D eigenvalue weighted by Gasteiger charge is 2.29. The van der Waals surface area contributed by atoms with Gasteiger partial charge in [0.2, 0.25) is 5.89 Å². The van der Waals surface area contributed by atoms with Gasteiger partial charge in [0.1, 0.15) is 0 Å². The lowest BCUT2D eigenvalue weighted by atomic mass is 9.84. The first-order valence-corrected chi connectivity index (χ1v) is 8.05. The molecule has 2 aromatic heterocycles. The van der Waals surface area contributed by atoms with Crippen molar-refractivity contribution in [3.8, 4) is 0 Å². The number of rotatable bonds is 4. The second-order valence-electron chi connectivity index (χ2n) is 5.37. The van der Waals surface area contributed by atoms with Crippen LogP contribution in [0.2, 0.25) is 0 Å². The number of nitrogens with zero attached hydrogens (tertiary/aromatic N) is 3. The fraction of sp³-hybridized carbons (Fsp3) is 0.643. The molecule has 6 heteroatoms. The summed E-state index contributed by atoms with van der Waals surface area (Å²) in [4.78, 5) is 9.03. The van der Waals surface area contributed by atoms with Crippen molar-refractivity contribution in [1.29, 1.82) is 0 Å². The Bertz CT molecular complexity index is 565. The number of aromatic nitrogens is 3. The molecule has 2 atom stereocenters. The first-order valence-electron chi connectivity index (χ1n) is 7.17. The Morgan fingerprint density at radius 3 is 2.95 bits per heavy atom. The van der Waals surface area contributed by atoms with Crippen LogP contribution in [0.3, 0.4) is 0 Å². The molecule has 0 bridgehead atoms. The summed E-state index contributed by atoms with van der Waals surface area (Å²) >= 11 is 1.66. The summed E-state index contributed by atoms with van der Waals surface area (Å²) in [6, 6.07) is 0.457. The van der Waals surface area contributed by atoms with Crippen molar-refractivity contribution in [2.75, 3.05) is 7.05 Å². The zero-order valence-electron chi connectivity index (χ0n) is 11.9. The molecule has 1 aliphatic carbocycles. The van der Waals surface area contributed by atoms with E-state index in [9.17, 15) is 0 Å². The van der Waals surface area contributed by atoms with Crippen LogP contribution >= 0.6 is 11.3 Å². The fourth-order valence-electron chi connectivity index (χ4n) is 2.91. The van der Waals surface area contributed by atoms with Crippen molar-refractivity contribution in [2.24, 2.45) is 0 Å². The molecule has 2 unspecified atom stereocenters. The number of likely N-dealkylation sites (N-methyl/N-ethyl adjacent to an activating group) is 1. The molecule has 1 fully saturated rings. The number of aryl methyl sites for hydroxylation is 1. The smallest absolute Gasteiger partial charge is 0.231 e. The average molecular weight is 292 g/mol. The maximum atomic E-state index is 5.49. The highest BCUT2D eigenvalue weighted by molar-refractivity contribution is 7.09. The number of nitrogens with one attached hydrogen (secondary N) is 1. The van der Waals surface area contributed by atoms with E-state index < -0.39 is 0 Å². The molecule has 0 spiro atoms. The monoisotopic (exact) mass is 292 g/mol. The molecule has 2 aromatic rings. The summed E-state index contributed by atoms with van der Waals surface area (Å²) < 4.78 is 5.49. The molecular weight excluding hydrogens is 272 g/mol. The molecule has 1 saturated carbocycles. The van der Waals surface area contributed by atoms with Crippen LogP contribution < -0.4 is 5.32 Å². The van der Waals surface area contributed by atoms with Gasteiger partial charge in [0.25, 0.3) is 0 Å². The van der Waals surface area contributed by atoms with Crippen molar-refractivity contribution in [3.63, 3.8) is 0 Å². The van der Waals surface area contributed by atoms with E-state index in [1.54, 1.807) is 11.3 Å². The first kappa shape index (κ1) is 13.7. The third kappa shape index (κ3) is 2.91. The van der Waals surface area contributed by atoms with Gasteiger partial charge in [0.05, 0.1) is 23.0 Å². The number of hydrogen-bond acceptors (Lipinski definition) is 6. The second kappa shape index (κ2) is 6.01. The van der Waals surface area contributed by atoms with Crippen LogP contribution in [0.1, 0.15) is 54.0 Å². The van der Waals surface area contributed by atoms with Gasteiger partial charge in [0, 0.05) is 11.4 Å². The first-order chi connectivity index (χ1) is 9.76. The van der Waals surface area contributed by atoms with Crippen LogP contribution in [0.25, 0.3) is 0 Å². The van der Waals surface area contributed by atoms with E-state index in [0.717, 1.165) is 28.8 Å². The summed E-state index contributed by atoms with van der Waals surface area (Å²) in [6.07, 6.45) is 5.49. The molecule has 1 N–H and O–H groups in total. The van der Waals surface area contributed by atoms with Crippen LogP contribution in [-0.4, -0.2) is 28.2 Å². The molecule has 2 heterocycles. The van der Waals surface area contributed by atoms with Gasteiger partial charge in [-0.3, -0.25) is 0 Å². The third-order valence-electron chi connectivity index (χ3n) is 3.94.